The summed E-state index contributed by atoms with van der Waals surface area (Å²) in [5, 5.41) is 9.50. The normalized spacial score (nSPS) is 27.8. The Morgan fingerprint density at radius 2 is 2.05 bits per heavy atom. The highest BCUT2D eigenvalue weighted by Gasteiger charge is 2.37. The van der Waals surface area contributed by atoms with Gasteiger partial charge < -0.3 is 9.84 Å². The number of ether oxygens (including phenoxy) is 1. The fourth-order valence-corrected chi connectivity index (χ4v) is 3.18. The number of benzene rings is 1. The van der Waals surface area contributed by atoms with Gasteiger partial charge in [-0.05, 0) is 24.6 Å². The van der Waals surface area contributed by atoms with E-state index in [1.54, 1.807) is 6.07 Å². The third-order valence-electron chi connectivity index (χ3n) is 4.31. The molecular weight excluding hydrogens is 268 g/mol. The van der Waals surface area contributed by atoms with Crippen LogP contribution < -0.4 is 0 Å². The molecule has 2 aliphatic heterocycles. The van der Waals surface area contributed by atoms with Crippen LogP contribution in [0.5, 0.6) is 5.75 Å². The Morgan fingerprint density at radius 1 is 1.29 bits per heavy atom. The van der Waals surface area contributed by atoms with Crippen molar-refractivity contribution in [3.8, 4) is 5.75 Å². The molecule has 0 amide bonds. The summed E-state index contributed by atoms with van der Waals surface area (Å²) in [5.74, 6) is 0.248. The highest BCUT2D eigenvalue weighted by Crippen LogP contribution is 2.22. The lowest BCUT2D eigenvalue weighted by atomic mass is 10.1. The zero-order valence-corrected chi connectivity index (χ0v) is 12.4. The molecule has 2 heterocycles. The maximum Gasteiger partial charge on any atom is 0.323 e. The van der Waals surface area contributed by atoms with E-state index in [1.165, 1.54) is 0 Å². The van der Waals surface area contributed by atoms with E-state index in [0.717, 1.165) is 44.7 Å². The molecule has 3 rings (SSSR count). The van der Waals surface area contributed by atoms with Gasteiger partial charge in [-0.1, -0.05) is 12.1 Å². The fourth-order valence-electron chi connectivity index (χ4n) is 3.18. The molecule has 2 saturated heterocycles. The van der Waals surface area contributed by atoms with Gasteiger partial charge >= 0.3 is 5.97 Å². The van der Waals surface area contributed by atoms with E-state index in [4.69, 9.17) is 4.74 Å². The molecule has 0 aliphatic carbocycles. The number of aromatic hydroxyl groups is 1. The summed E-state index contributed by atoms with van der Waals surface area (Å²) < 4.78 is 5.24. The summed E-state index contributed by atoms with van der Waals surface area (Å²) in [6.45, 7) is 6.46. The van der Waals surface area contributed by atoms with Gasteiger partial charge in [0.1, 0.15) is 17.9 Å². The molecule has 5 nitrogen and oxygen atoms in total. The third kappa shape index (κ3) is 3.36. The van der Waals surface area contributed by atoms with Gasteiger partial charge in [0.25, 0.3) is 0 Å². The van der Waals surface area contributed by atoms with E-state index in [0.29, 0.717) is 5.75 Å². The van der Waals surface area contributed by atoms with Gasteiger partial charge in [-0.15, -0.1) is 0 Å². The summed E-state index contributed by atoms with van der Waals surface area (Å²) in [7, 11) is 0. The second-order valence-corrected chi connectivity index (χ2v) is 5.98. The molecule has 0 spiro atoms. The van der Waals surface area contributed by atoms with Crippen LogP contribution >= 0.6 is 0 Å². The molecule has 2 aliphatic rings. The molecule has 1 aromatic carbocycles. The van der Waals surface area contributed by atoms with Crippen molar-refractivity contribution in [3.63, 3.8) is 0 Å². The standard InChI is InChI=1S/C16H22N2O3/c1-12-9-15(16(20)21-12)18-7-5-17(6-8-18)11-13-3-2-4-14(19)10-13/h2-4,10,12,15,19H,5-9,11H2,1H3/t12-,15-/m0/s1. The van der Waals surface area contributed by atoms with Crippen molar-refractivity contribution in [1.29, 1.82) is 0 Å². The van der Waals surface area contributed by atoms with Gasteiger partial charge in [-0.3, -0.25) is 14.6 Å². The van der Waals surface area contributed by atoms with E-state index < -0.39 is 0 Å². The summed E-state index contributed by atoms with van der Waals surface area (Å²) in [6, 6.07) is 7.35. The van der Waals surface area contributed by atoms with Gasteiger partial charge in [0.05, 0.1) is 0 Å². The van der Waals surface area contributed by atoms with E-state index in [-0.39, 0.29) is 18.1 Å². The van der Waals surface area contributed by atoms with Crippen LogP contribution in [0.25, 0.3) is 0 Å². The number of hydrogen-bond acceptors (Lipinski definition) is 5. The van der Waals surface area contributed by atoms with Crippen LogP contribution in [0.3, 0.4) is 0 Å². The molecule has 1 N–H and O–H groups in total. The Balaban J connectivity index is 1.52. The first kappa shape index (κ1) is 14.4. The van der Waals surface area contributed by atoms with Crippen LogP contribution in [0.1, 0.15) is 18.9 Å². The highest BCUT2D eigenvalue weighted by atomic mass is 16.6. The minimum Gasteiger partial charge on any atom is -0.508 e. The first-order valence-electron chi connectivity index (χ1n) is 7.56. The Bertz CT molecular complexity index is 512. The molecule has 2 atom stereocenters. The number of hydrogen-bond donors (Lipinski definition) is 1. The molecule has 5 heteroatoms. The molecule has 0 aromatic heterocycles. The zero-order valence-electron chi connectivity index (χ0n) is 12.4. The summed E-state index contributed by atoms with van der Waals surface area (Å²) >= 11 is 0. The highest BCUT2D eigenvalue weighted by molar-refractivity contribution is 5.78. The van der Waals surface area contributed by atoms with Crippen LogP contribution in [0.2, 0.25) is 0 Å². The molecule has 0 bridgehead atoms. The van der Waals surface area contributed by atoms with Crippen molar-refractivity contribution < 1.29 is 14.6 Å². The van der Waals surface area contributed by atoms with Crippen molar-refractivity contribution in [2.45, 2.75) is 32.0 Å². The van der Waals surface area contributed by atoms with Gasteiger partial charge in [0.2, 0.25) is 0 Å². The molecule has 0 radical (unpaired) electrons. The number of cyclic esters (lactones) is 1. The van der Waals surface area contributed by atoms with Gasteiger partial charge in [0.15, 0.2) is 0 Å². The Labute approximate surface area is 125 Å². The minimum atomic E-state index is -0.0658. The Kier molecular flexibility index (Phi) is 4.12. The van der Waals surface area contributed by atoms with Gasteiger partial charge in [-0.2, -0.15) is 0 Å². The van der Waals surface area contributed by atoms with Crippen LogP contribution in [-0.4, -0.2) is 59.2 Å². The summed E-state index contributed by atoms with van der Waals surface area (Å²) in [5.41, 5.74) is 1.12. The molecule has 21 heavy (non-hydrogen) atoms. The molecule has 114 valence electrons. The maximum atomic E-state index is 11.8. The number of piperazine rings is 1. The fraction of sp³-hybridized carbons (Fsp3) is 0.562. The van der Waals surface area contributed by atoms with Crippen molar-refractivity contribution in [2.75, 3.05) is 26.2 Å². The number of rotatable bonds is 3. The topological polar surface area (TPSA) is 53.0 Å². The minimum absolute atomic E-state index is 0.0489. The smallest absolute Gasteiger partial charge is 0.323 e. The van der Waals surface area contributed by atoms with E-state index >= 15 is 0 Å². The molecular formula is C16H22N2O3. The molecule has 0 saturated carbocycles. The number of esters is 1. The summed E-state index contributed by atoms with van der Waals surface area (Å²) in [6.07, 6.45) is 0.860. The third-order valence-corrected chi connectivity index (χ3v) is 4.31. The molecule has 2 fully saturated rings. The van der Waals surface area contributed by atoms with Crippen molar-refractivity contribution in [2.24, 2.45) is 0 Å². The second-order valence-electron chi connectivity index (χ2n) is 5.98. The van der Waals surface area contributed by atoms with Crippen molar-refractivity contribution in [1.82, 2.24) is 9.80 Å². The number of phenols is 1. The Morgan fingerprint density at radius 3 is 2.67 bits per heavy atom. The van der Waals surface area contributed by atoms with Crippen LogP contribution in [-0.2, 0) is 16.1 Å². The first-order valence-corrected chi connectivity index (χ1v) is 7.56. The molecule has 0 unspecified atom stereocenters. The van der Waals surface area contributed by atoms with Gasteiger partial charge in [-0.25, -0.2) is 0 Å². The average molecular weight is 290 g/mol. The number of carbonyl (C=O) groups excluding carboxylic acids is 1. The monoisotopic (exact) mass is 290 g/mol. The maximum absolute atomic E-state index is 11.8. The molecule has 1 aromatic rings. The second kappa shape index (κ2) is 6.03. The largest absolute Gasteiger partial charge is 0.508 e. The Hall–Kier alpha value is -1.59. The van der Waals surface area contributed by atoms with Crippen molar-refractivity contribution >= 4 is 5.97 Å². The number of phenolic OH excluding ortho intramolecular Hbond substituents is 1. The van der Waals surface area contributed by atoms with E-state index in [2.05, 4.69) is 9.80 Å². The van der Waals surface area contributed by atoms with Crippen molar-refractivity contribution in [3.05, 3.63) is 29.8 Å². The lowest BCUT2D eigenvalue weighted by Gasteiger charge is -2.36. The number of carbonyl (C=O) groups is 1. The predicted molar refractivity (Wildman–Crippen MR) is 78.9 cm³/mol. The SMILES string of the molecule is C[C@H]1C[C@H](N2CCN(Cc3cccc(O)c3)CC2)C(=O)O1. The van der Waals surface area contributed by atoms with Crippen LogP contribution in [0, 0.1) is 0 Å². The van der Waals surface area contributed by atoms with Crippen LogP contribution in [0.15, 0.2) is 24.3 Å². The predicted octanol–water partition coefficient (Wildman–Crippen LogP) is 1.21. The first-order chi connectivity index (χ1) is 10.1. The van der Waals surface area contributed by atoms with Crippen LogP contribution in [0.4, 0.5) is 0 Å². The van der Waals surface area contributed by atoms with E-state index in [1.807, 2.05) is 25.1 Å². The average Bonchev–Trinajstić information content (AvgIpc) is 2.79. The quantitative estimate of drug-likeness (QED) is 0.848. The number of nitrogens with zero attached hydrogens (tertiary/aromatic N) is 2. The lowest BCUT2D eigenvalue weighted by molar-refractivity contribution is -0.145. The van der Waals surface area contributed by atoms with Gasteiger partial charge in [0, 0.05) is 39.1 Å². The van der Waals surface area contributed by atoms with E-state index in [9.17, 15) is 9.90 Å². The lowest BCUT2D eigenvalue weighted by Crippen LogP contribution is -2.51. The zero-order chi connectivity index (χ0) is 14.8. The summed E-state index contributed by atoms with van der Waals surface area (Å²) in [4.78, 5) is 16.4.